The molecule has 0 spiro atoms. The molecule has 2 rings (SSSR count). The number of pyridine rings is 2. The summed E-state index contributed by atoms with van der Waals surface area (Å²) in [5, 5.41) is 18.1. The average Bonchev–Trinajstić information content (AvgIpc) is 2.51. The second kappa shape index (κ2) is 9.43. The van der Waals surface area contributed by atoms with Gasteiger partial charge in [0.2, 0.25) is 5.91 Å². The lowest BCUT2D eigenvalue weighted by Gasteiger charge is -2.04. The molecule has 118 valence electrons. The molecule has 0 radical (unpaired) electrons. The van der Waals surface area contributed by atoms with Gasteiger partial charge in [-0.2, -0.15) is 0 Å². The van der Waals surface area contributed by atoms with Gasteiger partial charge in [0.25, 0.3) is 0 Å². The molecule has 0 fully saturated rings. The van der Waals surface area contributed by atoms with Crippen molar-refractivity contribution in [2.75, 3.05) is 0 Å². The summed E-state index contributed by atoms with van der Waals surface area (Å²) in [6.45, 7) is 1.29. The number of carbonyl (C=O) groups excluding carboxylic acids is 2. The molecule has 4 N–H and O–H groups in total. The Labute approximate surface area is 133 Å². The van der Waals surface area contributed by atoms with Gasteiger partial charge >= 0.3 is 0 Å². The van der Waals surface area contributed by atoms with Crippen LogP contribution in [0.5, 0.6) is 5.75 Å². The maximum Gasteiger partial charge on any atom is 0.250 e. The number of hydrogen-bond acceptors (Lipinski definition) is 6. The highest BCUT2D eigenvalue weighted by molar-refractivity contribution is 5.92. The number of halogens is 1. The largest absolute Gasteiger partial charge is 0.505 e. The Bertz CT molecular complexity index is 635. The Hall–Kier alpha value is -2.51. The minimum atomic E-state index is -0.442. The van der Waals surface area contributed by atoms with Crippen molar-refractivity contribution in [1.29, 1.82) is 0 Å². The third-order valence-electron chi connectivity index (χ3n) is 2.59. The van der Waals surface area contributed by atoms with Crippen molar-refractivity contribution in [3.05, 3.63) is 53.1 Å². The van der Waals surface area contributed by atoms with E-state index in [4.69, 9.17) is 10.8 Å². The first-order valence-corrected chi connectivity index (χ1v) is 5.94. The number of carbonyl (C=O) groups is 2. The minimum absolute atomic E-state index is 0. The third kappa shape index (κ3) is 5.12. The molecule has 0 bridgehead atoms. The van der Waals surface area contributed by atoms with Crippen LogP contribution in [-0.4, -0.2) is 32.4 Å². The van der Waals surface area contributed by atoms with Gasteiger partial charge in [0.15, 0.2) is 6.29 Å². The Morgan fingerprint density at radius 3 is 2.50 bits per heavy atom. The average molecular weight is 326 g/mol. The summed E-state index contributed by atoms with van der Waals surface area (Å²) < 4.78 is 0. The van der Waals surface area contributed by atoms with Gasteiger partial charge in [0.05, 0.1) is 23.4 Å². The molecule has 0 unspecified atom stereocenters. The maximum absolute atomic E-state index is 10.5. The number of nitrogens with two attached hydrogens (primary N) is 1. The molecule has 0 saturated heterocycles. The Morgan fingerprint density at radius 2 is 2.09 bits per heavy atom. The number of aromatic nitrogens is 2. The van der Waals surface area contributed by atoms with Crippen LogP contribution in [-0.2, 0) is 6.61 Å². The fraction of sp³-hybridized carbons (Fsp3) is 0.143. The molecule has 0 aromatic carbocycles. The zero-order chi connectivity index (χ0) is 15.8. The SMILES string of the molecule is Cc1ncc(CO)c(C=O)c1O.Cl.NC(=O)c1cccnc1. The van der Waals surface area contributed by atoms with Crippen molar-refractivity contribution in [3.8, 4) is 5.75 Å². The molecule has 1 amide bonds. The van der Waals surface area contributed by atoms with Crippen molar-refractivity contribution < 1.29 is 19.8 Å². The first-order chi connectivity index (χ1) is 10.0. The smallest absolute Gasteiger partial charge is 0.250 e. The number of aliphatic hydroxyl groups excluding tert-OH is 1. The number of aliphatic hydroxyl groups is 1. The molecule has 7 nitrogen and oxygen atoms in total. The highest BCUT2D eigenvalue weighted by Gasteiger charge is 2.09. The maximum atomic E-state index is 10.5. The van der Waals surface area contributed by atoms with E-state index < -0.39 is 5.91 Å². The van der Waals surface area contributed by atoms with Crippen molar-refractivity contribution >= 4 is 24.6 Å². The van der Waals surface area contributed by atoms with Crippen LogP contribution in [0.15, 0.2) is 30.7 Å². The lowest BCUT2D eigenvalue weighted by atomic mass is 10.1. The fourth-order valence-corrected chi connectivity index (χ4v) is 1.42. The quantitative estimate of drug-likeness (QED) is 0.723. The zero-order valence-electron chi connectivity index (χ0n) is 11.8. The van der Waals surface area contributed by atoms with Gasteiger partial charge in [-0.05, 0) is 19.1 Å². The summed E-state index contributed by atoms with van der Waals surface area (Å²) in [5.74, 6) is -0.598. The van der Waals surface area contributed by atoms with Crippen molar-refractivity contribution in [1.82, 2.24) is 9.97 Å². The fourth-order valence-electron chi connectivity index (χ4n) is 1.42. The lowest BCUT2D eigenvalue weighted by Crippen LogP contribution is -2.10. The number of amides is 1. The van der Waals surface area contributed by atoms with E-state index in [1.165, 1.54) is 12.4 Å². The first-order valence-electron chi connectivity index (χ1n) is 5.94. The summed E-state index contributed by atoms with van der Waals surface area (Å²) in [5.41, 5.74) is 6.22. The van der Waals surface area contributed by atoms with Crippen LogP contribution in [0, 0.1) is 6.92 Å². The van der Waals surface area contributed by atoms with Crippen LogP contribution >= 0.6 is 12.4 Å². The van der Waals surface area contributed by atoms with E-state index in [1.807, 2.05) is 0 Å². The van der Waals surface area contributed by atoms with Crippen LogP contribution < -0.4 is 5.73 Å². The molecule has 2 heterocycles. The topological polar surface area (TPSA) is 126 Å². The van der Waals surface area contributed by atoms with E-state index in [0.29, 0.717) is 23.1 Å². The molecule has 0 aliphatic heterocycles. The van der Waals surface area contributed by atoms with Crippen LogP contribution in [0.3, 0.4) is 0 Å². The summed E-state index contributed by atoms with van der Waals surface area (Å²) in [4.78, 5) is 28.3. The molecule has 22 heavy (non-hydrogen) atoms. The standard InChI is InChI=1S/C8H9NO3.C6H6N2O.ClH/c1-5-8(12)7(4-11)6(3-10)2-9-5;7-6(9)5-2-1-3-8-4-5;/h2,4,10,12H,3H2,1H3;1-4H,(H2,7,9);1H. The second-order valence-corrected chi connectivity index (χ2v) is 4.01. The minimum Gasteiger partial charge on any atom is -0.505 e. The molecule has 2 aromatic rings. The summed E-state index contributed by atoms with van der Waals surface area (Å²) >= 11 is 0. The van der Waals surface area contributed by atoms with E-state index in [1.54, 1.807) is 25.3 Å². The van der Waals surface area contributed by atoms with Crippen molar-refractivity contribution in [3.63, 3.8) is 0 Å². The zero-order valence-corrected chi connectivity index (χ0v) is 12.6. The number of aromatic hydroxyl groups is 1. The number of aldehydes is 1. The van der Waals surface area contributed by atoms with Crippen molar-refractivity contribution in [2.24, 2.45) is 5.73 Å². The Morgan fingerprint density at radius 1 is 1.41 bits per heavy atom. The number of aryl methyl sites for hydroxylation is 1. The predicted molar refractivity (Wildman–Crippen MR) is 82.0 cm³/mol. The number of hydrogen-bond donors (Lipinski definition) is 3. The first kappa shape index (κ1) is 19.5. The van der Waals surface area contributed by atoms with E-state index in [-0.39, 0.29) is 30.3 Å². The third-order valence-corrected chi connectivity index (χ3v) is 2.59. The molecule has 0 aliphatic carbocycles. The number of primary amides is 1. The summed E-state index contributed by atoms with van der Waals surface area (Å²) in [7, 11) is 0. The van der Waals surface area contributed by atoms with E-state index in [0.717, 1.165) is 0 Å². The highest BCUT2D eigenvalue weighted by Crippen LogP contribution is 2.21. The van der Waals surface area contributed by atoms with E-state index in [2.05, 4.69) is 9.97 Å². The number of nitrogens with zero attached hydrogens (tertiary/aromatic N) is 2. The van der Waals surface area contributed by atoms with Gasteiger partial charge in [-0.3, -0.25) is 19.6 Å². The molecule has 0 atom stereocenters. The van der Waals surface area contributed by atoms with Gasteiger partial charge in [0.1, 0.15) is 5.75 Å². The van der Waals surface area contributed by atoms with Gasteiger partial charge in [-0.25, -0.2) is 0 Å². The van der Waals surface area contributed by atoms with E-state index in [9.17, 15) is 14.7 Å². The van der Waals surface area contributed by atoms with Crippen LogP contribution in [0.25, 0.3) is 0 Å². The molecular weight excluding hydrogens is 310 g/mol. The molecule has 0 saturated carbocycles. The second-order valence-electron chi connectivity index (χ2n) is 4.01. The van der Waals surface area contributed by atoms with Crippen LogP contribution in [0.2, 0.25) is 0 Å². The van der Waals surface area contributed by atoms with Gasteiger partial charge in [0, 0.05) is 24.2 Å². The lowest BCUT2D eigenvalue weighted by molar-refractivity contribution is 0.0999. The highest BCUT2D eigenvalue weighted by atomic mass is 35.5. The molecule has 0 aliphatic rings. The Balaban J connectivity index is 0.000000397. The van der Waals surface area contributed by atoms with Gasteiger partial charge in [-0.1, -0.05) is 0 Å². The normalized spacial score (nSPS) is 9.00. The monoisotopic (exact) mass is 325 g/mol. The summed E-state index contributed by atoms with van der Waals surface area (Å²) in [6.07, 6.45) is 4.91. The van der Waals surface area contributed by atoms with Crippen LogP contribution in [0.1, 0.15) is 32.0 Å². The predicted octanol–water partition coefficient (Wildman–Crippen LogP) is 1.00. The van der Waals surface area contributed by atoms with Gasteiger partial charge < -0.3 is 15.9 Å². The summed E-state index contributed by atoms with van der Waals surface area (Å²) in [6, 6.07) is 3.29. The van der Waals surface area contributed by atoms with Gasteiger partial charge in [-0.15, -0.1) is 12.4 Å². The molecular formula is C14H16ClN3O4. The Kier molecular flexibility index (Phi) is 8.35. The molecule has 8 heteroatoms. The van der Waals surface area contributed by atoms with E-state index >= 15 is 0 Å². The van der Waals surface area contributed by atoms with Crippen LogP contribution in [0.4, 0.5) is 0 Å². The number of rotatable bonds is 3. The van der Waals surface area contributed by atoms with Crippen molar-refractivity contribution in [2.45, 2.75) is 13.5 Å². The molecule has 2 aromatic heterocycles.